The number of imidazole rings is 1. The number of unbranched alkanes of at least 4 members (excludes halogenated alkanes) is 2. The molecule has 9 rings (SSSR count). The van der Waals surface area contributed by atoms with Crippen LogP contribution >= 0.6 is 0 Å². The van der Waals surface area contributed by atoms with Crippen molar-refractivity contribution in [1.29, 1.82) is 0 Å². The van der Waals surface area contributed by atoms with Gasteiger partial charge in [-0.2, -0.15) is 0 Å². The number of ketones is 1. The largest absolute Gasteiger partial charge is 0.381 e. The van der Waals surface area contributed by atoms with Crippen molar-refractivity contribution >= 4 is 40.2 Å². The number of ether oxygens (including phenoxy) is 1. The predicted molar refractivity (Wildman–Crippen MR) is 224 cm³/mol. The Morgan fingerprint density at radius 1 is 0.917 bits per heavy atom. The second kappa shape index (κ2) is 16.7. The number of nitrogens with one attached hydrogen (secondary N) is 1. The van der Waals surface area contributed by atoms with Crippen molar-refractivity contribution in [3.63, 3.8) is 0 Å². The van der Waals surface area contributed by atoms with Gasteiger partial charge in [-0.1, -0.05) is 60.4 Å². The molecule has 3 aromatic carbocycles. The van der Waals surface area contributed by atoms with Gasteiger partial charge < -0.3 is 19.1 Å². The zero-order valence-electron chi connectivity index (χ0n) is 33.7. The fraction of sp³-hybridized carbons (Fsp3) is 0.354. The second-order valence-corrected chi connectivity index (χ2v) is 16.1. The Bertz CT molecular complexity index is 2610. The molecule has 5 aromatic rings. The lowest BCUT2D eigenvalue weighted by Gasteiger charge is -2.30. The Morgan fingerprint density at radius 3 is 2.52 bits per heavy atom. The molecule has 4 aliphatic rings. The number of rotatable bonds is 9. The molecule has 0 radical (unpaired) electrons. The quantitative estimate of drug-likeness (QED) is 0.0763. The normalized spacial score (nSPS) is 17.9. The Hall–Kier alpha value is -6.45. The number of carbonyl (C=O) groups excluding carboxylic acids is 5. The van der Waals surface area contributed by atoms with E-state index in [9.17, 15) is 24.0 Å². The van der Waals surface area contributed by atoms with Crippen molar-refractivity contribution in [2.24, 2.45) is 0 Å². The molecular formula is C48H46N6O6. The van der Waals surface area contributed by atoms with Crippen molar-refractivity contribution in [1.82, 2.24) is 29.7 Å². The molecule has 2 fully saturated rings. The molecule has 6 heterocycles. The molecule has 2 saturated heterocycles. The number of hydrogen-bond donors (Lipinski definition) is 1. The third kappa shape index (κ3) is 7.61. The van der Waals surface area contributed by atoms with E-state index < -0.39 is 11.9 Å². The average molecular weight is 803 g/mol. The van der Waals surface area contributed by atoms with E-state index in [1.807, 2.05) is 41.4 Å². The summed E-state index contributed by atoms with van der Waals surface area (Å²) in [5, 5.41) is 4.37. The summed E-state index contributed by atoms with van der Waals surface area (Å²) in [6.07, 6.45) is 6.77. The number of carbonyl (C=O) groups is 5. The summed E-state index contributed by atoms with van der Waals surface area (Å²) in [6, 6.07) is 20.7. The van der Waals surface area contributed by atoms with Crippen molar-refractivity contribution < 1.29 is 28.7 Å². The molecule has 0 saturated carbocycles. The van der Waals surface area contributed by atoms with Gasteiger partial charge in [-0.15, -0.1) is 0 Å². The molecular weight excluding hydrogens is 757 g/mol. The van der Waals surface area contributed by atoms with E-state index in [1.54, 1.807) is 19.1 Å². The second-order valence-electron chi connectivity index (χ2n) is 16.1. The van der Waals surface area contributed by atoms with Crippen LogP contribution in [0.5, 0.6) is 0 Å². The number of hydrogen-bond acceptors (Lipinski definition) is 8. The molecule has 2 aromatic heterocycles. The van der Waals surface area contributed by atoms with E-state index in [1.165, 1.54) is 4.90 Å². The van der Waals surface area contributed by atoms with Crippen molar-refractivity contribution in [3.8, 4) is 34.4 Å². The van der Waals surface area contributed by atoms with Crippen molar-refractivity contribution in [2.75, 3.05) is 19.8 Å². The van der Waals surface area contributed by atoms with Gasteiger partial charge in [0.25, 0.3) is 5.91 Å². The van der Waals surface area contributed by atoms with Crippen LogP contribution in [-0.4, -0.2) is 79.5 Å². The number of Topliss-reactive ketones (excluding diaryl/α,β-unsaturated/α-hetero) is 1. The van der Waals surface area contributed by atoms with Crippen LogP contribution in [0.15, 0.2) is 72.9 Å². The molecule has 12 nitrogen and oxygen atoms in total. The van der Waals surface area contributed by atoms with Crippen LogP contribution in [0, 0.1) is 11.8 Å². The maximum Gasteiger partial charge on any atom is 0.255 e. The van der Waals surface area contributed by atoms with Crippen molar-refractivity contribution in [3.05, 3.63) is 107 Å². The zero-order chi connectivity index (χ0) is 41.3. The summed E-state index contributed by atoms with van der Waals surface area (Å²) < 4.78 is 8.00. The minimum atomic E-state index is -0.666. The number of imide groups is 1. The molecule has 60 heavy (non-hydrogen) atoms. The number of pyridine rings is 1. The first-order valence-electron chi connectivity index (χ1n) is 20.9. The van der Waals surface area contributed by atoms with E-state index >= 15 is 0 Å². The average Bonchev–Trinajstić information content (AvgIpc) is 3.82. The highest BCUT2D eigenvalue weighted by Gasteiger charge is 2.40. The number of nitrogens with zero attached hydrogens (tertiary/aromatic N) is 5. The molecule has 1 atom stereocenters. The highest BCUT2D eigenvalue weighted by Crippen LogP contribution is 2.38. The van der Waals surface area contributed by atoms with Crippen molar-refractivity contribution in [2.45, 2.75) is 89.9 Å². The summed E-state index contributed by atoms with van der Waals surface area (Å²) in [5.41, 5.74) is 7.47. The first-order chi connectivity index (χ1) is 29.2. The van der Waals surface area contributed by atoms with Gasteiger partial charge in [-0.25, -0.2) is 4.98 Å². The van der Waals surface area contributed by atoms with E-state index in [-0.39, 0.29) is 36.5 Å². The fourth-order valence-electron chi connectivity index (χ4n) is 9.01. The monoisotopic (exact) mass is 802 g/mol. The molecule has 4 amide bonds. The van der Waals surface area contributed by atoms with Crippen LogP contribution in [0.4, 0.5) is 0 Å². The van der Waals surface area contributed by atoms with Gasteiger partial charge >= 0.3 is 0 Å². The summed E-state index contributed by atoms with van der Waals surface area (Å²) in [7, 11) is 0. The first kappa shape index (κ1) is 39.0. The molecule has 4 aliphatic heterocycles. The minimum absolute atomic E-state index is 0.0657. The molecule has 0 aliphatic carbocycles. The number of aromatic nitrogens is 3. The highest BCUT2D eigenvalue weighted by molar-refractivity contribution is 6.05. The Balaban J connectivity index is 0.832. The third-order valence-electron chi connectivity index (χ3n) is 12.4. The summed E-state index contributed by atoms with van der Waals surface area (Å²) in [6.45, 7) is 5.30. The zero-order valence-corrected chi connectivity index (χ0v) is 33.7. The highest BCUT2D eigenvalue weighted by atomic mass is 16.5. The van der Waals surface area contributed by atoms with Crippen LogP contribution < -0.4 is 5.32 Å². The topological polar surface area (TPSA) is 144 Å². The third-order valence-corrected chi connectivity index (χ3v) is 12.4. The number of piperidine rings is 1. The van der Waals surface area contributed by atoms with E-state index in [2.05, 4.69) is 46.0 Å². The van der Waals surface area contributed by atoms with Crippen LogP contribution in [0.3, 0.4) is 0 Å². The summed E-state index contributed by atoms with van der Waals surface area (Å²) in [5.74, 6) is 7.00. The Morgan fingerprint density at radius 2 is 1.72 bits per heavy atom. The van der Waals surface area contributed by atoms with Gasteiger partial charge in [0, 0.05) is 104 Å². The maximum absolute atomic E-state index is 13.1. The Kier molecular flexibility index (Phi) is 10.8. The molecule has 12 heteroatoms. The lowest BCUT2D eigenvalue weighted by Crippen LogP contribution is -2.52. The number of amides is 4. The molecule has 0 spiro atoms. The van der Waals surface area contributed by atoms with E-state index in [0.717, 1.165) is 95.0 Å². The van der Waals surface area contributed by atoms with Gasteiger partial charge in [0.15, 0.2) is 5.78 Å². The van der Waals surface area contributed by atoms with Crippen LogP contribution in [-0.2, 0) is 38.8 Å². The van der Waals surface area contributed by atoms with Crippen LogP contribution in [0.25, 0.3) is 33.3 Å². The molecule has 1 N–H and O–H groups in total. The smallest absolute Gasteiger partial charge is 0.255 e. The lowest BCUT2D eigenvalue weighted by atomic mass is 9.99. The number of benzene rings is 3. The van der Waals surface area contributed by atoms with Gasteiger partial charge in [0.05, 0.1) is 23.6 Å². The van der Waals surface area contributed by atoms with Gasteiger partial charge in [0.1, 0.15) is 11.9 Å². The molecule has 304 valence electrons. The minimum Gasteiger partial charge on any atom is -0.381 e. The Labute approximate surface area is 348 Å². The fourth-order valence-corrected chi connectivity index (χ4v) is 9.01. The lowest BCUT2D eigenvalue weighted by molar-refractivity contribution is -0.137. The van der Waals surface area contributed by atoms with Crippen LogP contribution in [0.1, 0.15) is 108 Å². The van der Waals surface area contributed by atoms with Crippen LogP contribution in [0.2, 0.25) is 0 Å². The van der Waals surface area contributed by atoms with Gasteiger partial charge in [-0.05, 0) is 61.3 Å². The van der Waals surface area contributed by atoms with Gasteiger partial charge in [-0.3, -0.25) is 34.3 Å². The van der Waals surface area contributed by atoms with E-state index in [4.69, 9.17) is 14.7 Å². The van der Waals surface area contributed by atoms with E-state index in [0.29, 0.717) is 55.8 Å². The number of fused-ring (bicyclic) bond motifs is 3. The summed E-state index contributed by atoms with van der Waals surface area (Å²) >= 11 is 0. The first-order valence-corrected chi connectivity index (χ1v) is 20.9. The maximum atomic E-state index is 13.1. The summed E-state index contributed by atoms with van der Waals surface area (Å²) in [4.78, 5) is 76.4. The SMILES string of the molecule is CC(=O)N1CCn2c(C3CCOCC3)nc(-c3cccc4cc(-c5ccc(C(=O)CCCCC#Cc6cccc7c6CN(C6CCC(=O)NC6=O)C7=O)cc5)ncc34)c2C1. The van der Waals surface area contributed by atoms with Gasteiger partial charge in [0.2, 0.25) is 17.7 Å². The predicted octanol–water partition coefficient (Wildman–Crippen LogP) is 6.58. The standard InChI is InChI=1S/C48H46N6O6/c1-30(55)52-22-23-53-42(29-52)45(51-46(53)34-20-24-60-25-21-34)36-11-7-10-35-26-40(49-27-38(35)36)32-14-16-33(17-15-32)43(56)13-5-3-2-4-8-31-9-6-12-37-39(31)28-54(48(37)59)41-18-19-44(57)50-47(41)58/h6-7,9-12,14-17,26-27,34,41H,2-3,5,13,18-25,28-29H2,1H3,(H,50,57,58). The molecule has 0 bridgehead atoms. The molecule has 1 unspecified atom stereocenters.